The third kappa shape index (κ3) is 3.77. The molecule has 1 fully saturated rings. The van der Waals surface area contributed by atoms with Gasteiger partial charge in [-0.05, 0) is 55.8 Å². The Hall–Kier alpha value is -2.37. The molecule has 0 spiro atoms. The van der Waals surface area contributed by atoms with Crippen LogP contribution in [0.15, 0.2) is 44.2 Å². The van der Waals surface area contributed by atoms with Crippen molar-refractivity contribution < 1.29 is 24.7 Å². The fourth-order valence-corrected chi connectivity index (χ4v) is 4.48. The number of nitro groups is 1. The van der Waals surface area contributed by atoms with Crippen LogP contribution in [0.5, 0.6) is 11.5 Å². The minimum atomic E-state index is -0.632. The van der Waals surface area contributed by atoms with E-state index in [-0.39, 0.29) is 48.7 Å². The van der Waals surface area contributed by atoms with Gasteiger partial charge in [0.25, 0.3) is 16.8 Å². The van der Waals surface area contributed by atoms with E-state index in [9.17, 15) is 29.9 Å². The van der Waals surface area contributed by atoms with E-state index < -0.39 is 16.1 Å². The molecule has 0 atom stereocenters. The second-order valence-corrected chi connectivity index (χ2v) is 8.25. The highest BCUT2D eigenvalue weighted by molar-refractivity contribution is 9.11. The molecule has 1 aliphatic heterocycles. The van der Waals surface area contributed by atoms with Crippen LogP contribution < -0.4 is 0 Å². The number of benzene rings is 2. The SMILES string of the molecule is O=C1S/C(=C\c2cc(Br)c(O)c(Br)c2O)C(=O)N1Cc1ccccc1[N+](=O)[O-]. The van der Waals surface area contributed by atoms with E-state index in [2.05, 4.69) is 31.9 Å². The number of hydrogen-bond acceptors (Lipinski definition) is 7. The number of nitrogens with zero attached hydrogens (tertiary/aromatic N) is 2. The molecule has 8 nitrogen and oxygen atoms in total. The number of hydrogen-bond donors (Lipinski definition) is 2. The fourth-order valence-electron chi connectivity index (χ4n) is 2.50. The molecule has 0 aliphatic carbocycles. The Morgan fingerprint density at radius 3 is 2.54 bits per heavy atom. The van der Waals surface area contributed by atoms with Gasteiger partial charge in [0, 0.05) is 17.2 Å². The maximum atomic E-state index is 12.6. The van der Waals surface area contributed by atoms with Crippen LogP contribution in [-0.2, 0) is 11.3 Å². The molecule has 1 saturated heterocycles. The van der Waals surface area contributed by atoms with Gasteiger partial charge in [0.2, 0.25) is 0 Å². The number of aromatic hydroxyl groups is 2. The number of rotatable bonds is 4. The van der Waals surface area contributed by atoms with Gasteiger partial charge in [-0.1, -0.05) is 18.2 Å². The number of phenolic OH excluding ortho intramolecular Hbond substituents is 2. The third-order valence-electron chi connectivity index (χ3n) is 3.87. The minimum Gasteiger partial charge on any atom is -0.506 e. The molecular weight excluding hydrogens is 520 g/mol. The van der Waals surface area contributed by atoms with Crippen molar-refractivity contribution in [2.75, 3.05) is 0 Å². The fraction of sp³-hybridized carbons (Fsp3) is 0.0588. The van der Waals surface area contributed by atoms with E-state index in [1.807, 2.05) is 0 Å². The molecule has 2 amide bonds. The highest BCUT2D eigenvalue weighted by Gasteiger charge is 2.36. The molecule has 0 saturated carbocycles. The lowest BCUT2D eigenvalue weighted by atomic mass is 10.1. The first-order valence-electron chi connectivity index (χ1n) is 7.58. The van der Waals surface area contributed by atoms with Crippen LogP contribution in [0.3, 0.4) is 0 Å². The van der Waals surface area contributed by atoms with Crippen molar-refractivity contribution in [2.45, 2.75) is 6.54 Å². The standard InChI is InChI=1S/C17H10Br2N2O6S/c18-10-5-9(14(22)13(19)15(10)23)6-12-16(24)20(17(25)28-12)7-8-3-1-2-4-11(8)21(26)27/h1-6,22-23H,7H2/b12-6-. The molecule has 2 aromatic rings. The van der Waals surface area contributed by atoms with Crippen LogP contribution in [0.1, 0.15) is 11.1 Å². The van der Waals surface area contributed by atoms with E-state index in [1.165, 1.54) is 30.3 Å². The summed E-state index contributed by atoms with van der Waals surface area (Å²) in [5.41, 5.74) is 0.247. The monoisotopic (exact) mass is 528 g/mol. The molecule has 28 heavy (non-hydrogen) atoms. The quantitative estimate of drug-likeness (QED) is 0.332. The lowest BCUT2D eigenvalue weighted by molar-refractivity contribution is -0.385. The van der Waals surface area contributed by atoms with Gasteiger partial charge >= 0.3 is 0 Å². The van der Waals surface area contributed by atoms with Gasteiger partial charge in [-0.15, -0.1) is 0 Å². The molecule has 0 bridgehead atoms. The van der Waals surface area contributed by atoms with Crippen LogP contribution in [-0.4, -0.2) is 31.2 Å². The largest absolute Gasteiger partial charge is 0.506 e. The van der Waals surface area contributed by atoms with Gasteiger partial charge in [-0.2, -0.15) is 0 Å². The van der Waals surface area contributed by atoms with Gasteiger partial charge in [0.15, 0.2) is 0 Å². The van der Waals surface area contributed by atoms with Crippen LogP contribution in [0, 0.1) is 10.1 Å². The summed E-state index contributed by atoms with van der Waals surface area (Å²) in [5.74, 6) is -1.14. The normalized spacial score (nSPS) is 15.5. The number of imide groups is 1. The summed E-state index contributed by atoms with van der Waals surface area (Å²) in [5, 5.41) is 30.5. The number of carbonyl (C=O) groups is 2. The van der Waals surface area contributed by atoms with Gasteiger partial charge in [-0.25, -0.2) is 0 Å². The van der Waals surface area contributed by atoms with E-state index in [0.29, 0.717) is 11.8 Å². The van der Waals surface area contributed by atoms with Crippen molar-refractivity contribution in [3.8, 4) is 11.5 Å². The molecule has 0 aromatic heterocycles. The number of amides is 2. The summed E-state index contributed by atoms with van der Waals surface area (Å²) >= 11 is 6.83. The lowest BCUT2D eigenvalue weighted by Crippen LogP contribution is -2.27. The number of phenols is 2. The van der Waals surface area contributed by atoms with Crippen molar-refractivity contribution in [2.24, 2.45) is 0 Å². The van der Waals surface area contributed by atoms with Crippen molar-refractivity contribution >= 4 is 66.5 Å². The highest BCUT2D eigenvalue weighted by atomic mass is 79.9. The Balaban J connectivity index is 1.93. The Morgan fingerprint density at radius 2 is 1.86 bits per heavy atom. The molecule has 1 aliphatic rings. The van der Waals surface area contributed by atoms with Crippen molar-refractivity contribution in [3.63, 3.8) is 0 Å². The molecule has 11 heteroatoms. The summed E-state index contributed by atoms with van der Waals surface area (Å²) in [7, 11) is 0. The number of nitro benzene ring substituents is 1. The Kier molecular flexibility index (Phi) is 5.77. The summed E-state index contributed by atoms with van der Waals surface area (Å²) < 4.78 is 0.315. The van der Waals surface area contributed by atoms with Crippen molar-refractivity contribution in [3.05, 3.63) is 65.4 Å². The van der Waals surface area contributed by atoms with E-state index in [4.69, 9.17) is 0 Å². The van der Waals surface area contributed by atoms with Gasteiger partial charge < -0.3 is 10.2 Å². The summed E-state index contributed by atoms with van der Waals surface area (Å²) in [6.45, 7) is -0.242. The van der Waals surface area contributed by atoms with Crippen molar-refractivity contribution in [1.29, 1.82) is 0 Å². The maximum Gasteiger partial charge on any atom is 0.293 e. The molecule has 2 aromatic carbocycles. The second-order valence-electron chi connectivity index (χ2n) is 5.61. The molecule has 0 radical (unpaired) electrons. The zero-order chi connectivity index (χ0) is 20.6. The summed E-state index contributed by atoms with van der Waals surface area (Å²) in [6, 6.07) is 7.25. The highest BCUT2D eigenvalue weighted by Crippen LogP contribution is 2.43. The van der Waals surface area contributed by atoms with Crippen LogP contribution in [0.4, 0.5) is 10.5 Å². The smallest absolute Gasteiger partial charge is 0.293 e. The number of thioether (sulfide) groups is 1. The lowest BCUT2D eigenvalue weighted by Gasteiger charge is -2.12. The van der Waals surface area contributed by atoms with E-state index >= 15 is 0 Å². The average molecular weight is 530 g/mol. The Labute approximate surface area is 179 Å². The van der Waals surface area contributed by atoms with E-state index in [0.717, 1.165) is 4.90 Å². The van der Waals surface area contributed by atoms with Crippen LogP contribution in [0.2, 0.25) is 0 Å². The first-order chi connectivity index (χ1) is 13.2. The maximum absolute atomic E-state index is 12.6. The van der Waals surface area contributed by atoms with Gasteiger partial charge in [0.1, 0.15) is 16.0 Å². The third-order valence-corrected chi connectivity index (χ3v) is 6.14. The zero-order valence-corrected chi connectivity index (χ0v) is 17.7. The number of carbonyl (C=O) groups excluding carboxylic acids is 2. The van der Waals surface area contributed by atoms with Gasteiger partial charge in [0.05, 0.1) is 20.8 Å². The topological polar surface area (TPSA) is 121 Å². The van der Waals surface area contributed by atoms with Crippen LogP contribution in [0.25, 0.3) is 6.08 Å². The summed E-state index contributed by atoms with van der Waals surface area (Å²) in [4.78, 5) is 36.4. The van der Waals surface area contributed by atoms with Crippen LogP contribution >= 0.6 is 43.6 Å². The zero-order valence-electron chi connectivity index (χ0n) is 13.8. The molecule has 144 valence electrons. The molecule has 0 unspecified atom stereocenters. The minimum absolute atomic E-state index is 0.0345. The Morgan fingerprint density at radius 1 is 1.18 bits per heavy atom. The molecule has 1 heterocycles. The average Bonchev–Trinajstić information content (AvgIpc) is 2.92. The van der Waals surface area contributed by atoms with E-state index in [1.54, 1.807) is 6.07 Å². The Bertz CT molecular complexity index is 1060. The number of halogens is 2. The second kappa shape index (κ2) is 7.94. The predicted molar refractivity (Wildman–Crippen MR) is 110 cm³/mol. The first kappa shape index (κ1) is 20.4. The molecule has 3 rings (SSSR count). The summed E-state index contributed by atoms with van der Waals surface area (Å²) in [6.07, 6.45) is 1.31. The predicted octanol–water partition coefficient (Wildman–Crippen LogP) is 4.77. The molecule has 2 N–H and O–H groups in total. The number of para-hydroxylation sites is 1. The van der Waals surface area contributed by atoms with Crippen molar-refractivity contribution in [1.82, 2.24) is 4.90 Å². The molecular formula is C17H10Br2N2O6S. The first-order valence-corrected chi connectivity index (χ1v) is 9.98. The van der Waals surface area contributed by atoms with Gasteiger partial charge in [-0.3, -0.25) is 24.6 Å².